The van der Waals surface area contributed by atoms with Crippen LogP contribution in [-0.4, -0.2) is 52.4 Å². The second-order valence-corrected chi connectivity index (χ2v) is 6.27. The van der Waals surface area contributed by atoms with Crippen LogP contribution in [0.4, 0.5) is 10.1 Å². The van der Waals surface area contributed by atoms with E-state index in [2.05, 4.69) is 9.80 Å². The summed E-state index contributed by atoms with van der Waals surface area (Å²) >= 11 is 0. The van der Waals surface area contributed by atoms with Gasteiger partial charge in [-0.25, -0.2) is 4.39 Å². The van der Waals surface area contributed by atoms with Crippen LogP contribution in [0.2, 0.25) is 0 Å². The van der Waals surface area contributed by atoms with E-state index in [0.717, 1.165) is 44.0 Å². The molecule has 1 fully saturated rings. The molecule has 0 bridgehead atoms. The van der Waals surface area contributed by atoms with Crippen LogP contribution < -0.4 is 19.1 Å². The normalized spacial score (nSPS) is 15.0. The van der Waals surface area contributed by atoms with Gasteiger partial charge in [0.05, 0.1) is 21.3 Å². The molecular formula is C20H25FN2O3. The molecule has 0 amide bonds. The monoisotopic (exact) mass is 360 g/mol. The van der Waals surface area contributed by atoms with Gasteiger partial charge in [0.15, 0.2) is 11.5 Å². The second kappa shape index (κ2) is 8.27. The van der Waals surface area contributed by atoms with E-state index in [4.69, 9.17) is 14.2 Å². The van der Waals surface area contributed by atoms with Crippen LogP contribution in [0.25, 0.3) is 0 Å². The van der Waals surface area contributed by atoms with Crippen LogP contribution in [-0.2, 0) is 6.54 Å². The quantitative estimate of drug-likeness (QED) is 0.790. The average Bonchev–Trinajstić information content (AvgIpc) is 2.68. The highest BCUT2D eigenvalue weighted by atomic mass is 19.1. The van der Waals surface area contributed by atoms with Crippen LogP contribution in [0.3, 0.4) is 0 Å². The summed E-state index contributed by atoms with van der Waals surface area (Å²) in [5.74, 6) is 1.76. The van der Waals surface area contributed by atoms with Gasteiger partial charge in [0.2, 0.25) is 5.75 Å². The maximum Gasteiger partial charge on any atom is 0.203 e. The molecule has 2 aromatic rings. The van der Waals surface area contributed by atoms with Crippen molar-refractivity contribution in [1.29, 1.82) is 0 Å². The molecule has 140 valence electrons. The summed E-state index contributed by atoms with van der Waals surface area (Å²) in [6.45, 7) is 4.52. The lowest BCUT2D eigenvalue weighted by atomic mass is 10.1. The first-order valence-corrected chi connectivity index (χ1v) is 8.66. The van der Waals surface area contributed by atoms with Gasteiger partial charge in [0, 0.05) is 38.4 Å². The number of halogens is 1. The smallest absolute Gasteiger partial charge is 0.203 e. The van der Waals surface area contributed by atoms with Crippen molar-refractivity contribution in [3.8, 4) is 17.2 Å². The number of anilines is 1. The van der Waals surface area contributed by atoms with Crippen LogP contribution in [0.1, 0.15) is 5.56 Å². The minimum absolute atomic E-state index is 0.199. The van der Waals surface area contributed by atoms with Crippen molar-refractivity contribution >= 4 is 5.69 Å². The molecule has 0 spiro atoms. The van der Waals surface area contributed by atoms with Crippen molar-refractivity contribution in [1.82, 2.24) is 4.90 Å². The maximum absolute atomic E-state index is 13.1. The largest absolute Gasteiger partial charge is 0.493 e. The molecule has 1 heterocycles. The lowest BCUT2D eigenvalue weighted by Crippen LogP contribution is -2.45. The Morgan fingerprint density at radius 1 is 0.846 bits per heavy atom. The first kappa shape index (κ1) is 18.3. The van der Waals surface area contributed by atoms with Gasteiger partial charge in [-0.15, -0.1) is 0 Å². The Morgan fingerprint density at radius 3 is 1.92 bits per heavy atom. The molecule has 0 aliphatic carbocycles. The third kappa shape index (κ3) is 4.02. The second-order valence-electron chi connectivity index (χ2n) is 6.27. The maximum atomic E-state index is 13.1. The van der Waals surface area contributed by atoms with Crippen LogP contribution in [0.15, 0.2) is 36.4 Å². The number of nitrogens with zero attached hydrogens (tertiary/aromatic N) is 2. The number of hydrogen-bond donors (Lipinski definition) is 0. The molecule has 5 nitrogen and oxygen atoms in total. The molecule has 0 N–H and O–H groups in total. The van der Waals surface area contributed by atoms with Crippen molar-refractivity contribution in [2.24, 2.45) is 0 Å². The van der Waals surface area contributed by atoms with Gasteiger partial charge in [-0.2, -0.15) is 0 Å². The number of ether oxygens (including phenoxy) is 3. The summed E-state index contributed by atoms with van der Waals surface area (Å²) < 4.78 is 29.3. The van der Waals surface area contributed by atoms with Gasteiger partial charge < -0.3 is 19.1 Å². The Labute approximate surface area is 153 Å². The number of hydrogen-bond acceptors (Lipinski definition) is 5. The molecule has 0 aromatic heterocycles. The van der Waals surface area contributed by atoms with Gasteiger partial charge in [-0.1, -0.05) is 0 Å². The lowest BCUT2D eigenvalue weighted by Gasteiger charge is -2.36. The van der Waals surface area contributed by atoms with E-state index in [1.165, 1.54) is 12.1 Å². The van der Waals surface area contributed by atoms with Crippen molar-refractivity contribution in [3.63, 3.8) is 0 Å². The molecule has 2 aromatic carbocycles. The Balaban J connectivity index is 1.65. The van der Waals surface area contributed by atoms with Gasteiger partial charge in [-0.05, 0) is 42.0 Å². The van der Waals surface area contributed by atoms with E-state index in [0.29, 0.717) is 17.2 Å². The first-order valence-electron chi connectivity index (χ1n) is 8.66. The van der Waals surface area contributed by atoms with E-state index in [-0.39, 0.29) is 5.82 Å². The summed E-state index contributed by atoms with van der Waals surface area (Å²) in [5, 5.41) is 0. The van der Waals surface area contributed by atoms with Crippen molar-refractivity contribution in [3.05, 3.63) is 47.8 Å². The van der Waals surface area contributed by atoms with Crippen molar-refractivity contribution in [2.45, 2.75) is 6.54 Å². The first-order chi connectivity index (χ1) is 12.6. The minimum atomic E-state index is -0.199. The molecular weight excluding hydrogens is 335 g/mol. The molecule has 3 rings (SSSR count). The molecule has 1 aliphatic rings. The zero-order valence-corrected chi connectivity index (χ0v) is 15.5. The third-order valence-corrected chi connectivity index (χ3v) is 4.69. The Bertz CT molecular complexity index is 703. The number of benzene rings is 2. The van der Waals surface area contributed by atoms with Crippen LogP contribution in [0.5, 0.6) is 17.2 Å². The standard InChI is InChI=1S/C20H25FN2O3/c1-24-18-12-15(13-19(25-2)20(18)26-3)14-22-8-10-23(11-9-22)17-6-4-16(21)5-7-17/h4-7,12-13H,8-11,14H2,1-3H3. The zero-order valence-electron chi connectivity index (χ0n) is 15.5. The fraction of sp³-hybridized carbons (Fsp3) is 0.400. The third-order valence-electron chi connectivity index (χ3n) is 4.69. The van der Waals surface area contributed by atoms with Gasteiger partial charge in [-0.3, -0.25) is 4.90 Å². The van der Waals surface area contributed by atoms with Crippen molar-refractivity contribution in [2.75, 3.05) is 52.4 Å². The Morgan fingerprint density at radius 2 is 1.42 bits per heavy atom. The molecule has 6 heteroatoms. The SMILES string of the molecule is COc1cc(CN2CCN(c3ccc(F)cc3)CC2)cc(OC)c1OC. The molecule has 26 heavy (non-hydrogen) atoms. The van der Waals surface area contributed by atoms with E-state index in [1.54, 1.807) is 21.3 Å². The summed E-state index contributed by atoms with van der Waals surface area (Å²) in [6.07, 6.45) is 0. The fourth-order valence-corrected chi connectivity index (χ4v) is 3.30. The Kier molecular flexibility index (Phi) is 5.83. The Hall–Kier alpha value is -2.47. The van der Waals surface area contributed by atoms with E-state index < -0.39 is 0 Å². The van der Waals surface area contributed by atoms with Crippen LogP contribution >= 0.6 is 0 Å². The summed E-state index contributed by atoms with van der Waals surface area (Å²) in [6, 6.07) is 10.7. The molecule has 1 aliphatic heterocycles. The minimum Gasteiger partial charge on any atom is -0.493 e. The number of piperazine rings is 1. The van der Waals surface area contributed by atoms with E-state index in [9.17, 15) is 4.39 Å². The molecule has 0 saturated carbocycles. The predicted octanol–water partition coefficient (Wildman–Crippen LogP) is 3.17. The fourth-order valence-electron chi connectivity index (χ4n) is 3.30. The molecule has 0 radical (unpaired) electrons. The van der Waals surface area contributed by atoms with Gasteiger partial charge in [0.1, 0.15) is 5.82 Å². The van der Waals surface area contributed by atoms with E-state index in [1.807, 2.05) is 24.3 Å². The van der Waals surface area contributed by atoms with Crippen LogP contribution in [0, 0.1) is 5.82 Å². The number of rotatable bonds is 6. The van der Waals surface area contributed by atoms with Gasteiger partial charge >= 0.3 is 0 Å². The molecule has 0 atom stereocenters. The summed E-state index contributed by atoms with van der Waals surface area (Å²) in [4.78, 5) is 4.67. The van der Waals surface area contributed by atoms with E-state index >= 15 is 0 Å². The molecule has 0 unspecified atom stereocenters. The molecule has 1 saturated heterocycles. The highest BCUT2D eigenvalue weighted by molar-refractivity contribution is 5.54. The zero-order chi connectivity index (χ0) is 18.5. The highest BCUT2D eigenvalue weighted by Crippen LogP contribution is 2.38. The topological polar surface area (TPSA) is 34.2 Å². The number of methoxy groups -OCH3 is 3. The average molecular weight is 360 g/mol. The van der Waals surface area contributed by atoms with Crippen molar-refractivity contribution < 1.29 is 18.6 Å². The summed E-state index contributed by atoms with van der Waals surface area (Å²) in [5.41, 5.74) is 2.19. The predicted molar refractivity (Wildman–Crippen MR) is 100.0 cm³/mol. The summed E-state index contributed by atoms with van der Waals surface area (Å²) in [7, 11) is 4.86. The highest BCUT2D eigenvalue weighted by Gasteiger charge is 2.19. The van der Waals surface area contributed by atoms with Gasteiger partial charge in [0.25, 0.3) is 0 Å². The lowest BCUT2D eigenvalue weighted by molar-refractivity contribution is 0.248.